The molecule has 172 valence electrons. The van der Waals surface area contributed by atoms with Crippen molar-refractivity contribution in [3.63, 3.8) is 0 Å². The Morgan fingerprint density at radius 2 is 1.94 bits per heavy atom. The van der Waals surface area contributed by atoms with Gasteiger partial charge in [0.15, 0.2) is 11.0 Å². The van der Waals surface area contributed by atoms with Gasteiger partial charge >= 0.3 is 6.09 Å². The van der Waals surface area contributed by atoms with Crippen LogP contribution >= 0.6 is 27.7 Å². The SMILES string of the molecule is CCSc1nc(N2C3CC2CN(C(=O)OC(C)(C)C)C3)c2c3c(c(Br)c(F)c2n1)COC3. The third-order valence-corrected chi connectivity index (χ3v) is 7.61. The molecule has 1 amide bonds. The summed E-state index contributed by atoms with van der Waals surface area (Å²) in [4.78, 5) is 26.1. The van der Waals surface area contributed by atoms with Gasteiger partial charge in [-0.15, -0.1) is 0 Å². The summed E-state index contributed by atoms with van der Waals surface area (Å²) in [5, 5.41) is 1.30. The van der Waals surface area contributed by atoms with Gasteiger partial charge in [0.2, 0.25) is 0 Å². The van der Waals surface area contributed by atoms with Crippen LogP contribution in [0, 0.1) is 5.82 Å². The number of piperazine rings is 1. The van der Waals surface area contributed by atoms with Crippen molar-refractivity contribution in [3.05, 3.63) is 21.4 Å². The maximum atomic E-state index is 15.4. The Hall–Kier alpha value is -1.65. The van der Waals surface area contributed by atoms with Gasteiger partial charge in [0.1, 0.15) is 16.9 Å². The fourth-order valence-electron chi connectivity index (χ4n) is 4.76. The number of ether oxygens (including phenoxy) is 2. The molecule has 2 saturated heterocycles. The second kappa shape index (κ2) is 7.99. The van der Waals surface area contributed by atoms with Gasteiger partial charge in [0.25, 0.3) is 0 Å². The van der Waals surface area contributed by atoms with Gasteiger partial charge in [-0.2, -0.15) is 0 Å². The number of halogens is 2. The third-order valence-electron chi connectivity index (χ3n) is 6.06. The molecule has 0 radical (unpaired) electrons. The zero-order chi connectivity index (χ0) is 22.8. The number of anilines is 1. The van der Waals surface area contributed by atoms with E-state index in [1.54, 1.807) is 4.90 Å². The first-order valence-corrected chi connectivity index (χ1v) is 12.6. The molecule has 5 rings (SSSR count). The van der Waals surface area contributed by atoms with E-state index in [2.05, 4.69) is 25.8 Å². The number of benzene rings is 1. The third kappa shape index (κ3) is 3.64. The number of hydrogen-bond acceptors (Lipinski definition) is 7. The molecule has 2 aromatic rings. The maximum Gasteiger partial charge on any atom is 0.410 e. The van der Waals surface area contributed by atoms with E-state index in [0.29, 0.717) is 41.4 Å². The molecule has 0 N–H and O–H groups in total. The average Bonchev–Trinajstić information content (AvgIpc) is 3.21. The van der Waals surface area contributed by atoms with Crippen molar-refractivity contribution in [3.8, 4) is 0 Å². The van der Waals surface area contributed by atoms with Crippen LogP contribution in [0.5, 0.6) is 0 Å². The zero-order valence-corrected chi connectivity index (χ0v) is 21.0. The van der Waals surface area contributed by atoms with Crippen LogP contribution in [0.3, 0.4) is 0 Å². The standard InChI is InChI=1S/C22H26BrFN4O3S/c1-5-32-20-25-18-15(13-9-30-10-14(13)16(23)17(18)24)19(26-20)28-11-6-12(28)8-27(7-11)21(29)31-22(2,3)4/h11-12H,5-10H2,1-4H3. The number of nitrogens with zero attached hydrogens (tertiary/aromatic N) is 4. The Labute approximate surface area is 199 Å². The molecule has 7 nitrogen and oxygen atoms in total. The van der Waals surface area contributed by atoms with Crippen molar-refractivity contribution in [2.75, 3.05) is 23.7 Å². The number of fused-ring (bicyclic) bond motifs is 5. The Balaban J connectivity index is 1.55. The molecule has 0 saturated carbocycles. The summed E-state index contributed by atoms with van der Waals surface area (Å²) in [7, 11) is 0. The Kier molecular flexibility index (Phi) is 5.53. The number of rotatable bonds is 3. The molecule has 2 fully saturated rings. The zero-order valence-electron chi connectivity index (χ0n) is 18.6. The number of hydrogen-bond donors (Lipinski definition) is 0. The molecule has 1 aromatic carbocycles. The highest BCUT2D eigenvalue weighted by Crippen LogP contribution is 2.45. The summed E-state index contributed by atoms with van der Waals surface area (Å²) in [5.41, 5.74) is 1.58. The molecule has 3 aliphatic rings. The smallest absolute Gasteiger partial charge is 0.410 e. The molecular formula is C22H26BrFN4O3S. The summed E-state index contributed by atoms with van der Waals surface area (Å²) >= 11 is 4.91. The second-order valence-corrected chi connectivity index (χ2v) is 11.4. The molecule has 2 atom stereocenters. The number of amides is 1. The van der Waals surface area contributed by atoms with E-state index in [1.807, 2.05) is 27.7 Å². The van der Waals surface area contributed by atoms with E-state index in [1.165, 1.54) is 11.8 Å². The van der Waals surface area contributed by atoms with Gasteiger partial charge < -0.3 is 19.3 Å². The fourth-order valence-corrected chi connectivity index (χ4v) is 5.87. The monoisotopic (exact) mass is 524 g/mol. The van der Waals surface area contributed by atoms with Crippen LogP contribution in [-0.4, -0.2) is 57.5 Å². The summed E-state index contributed by atoms with van der Waals surface area (Å²) in [6, 6.07) is 0.229. The highest BCUT2D eigenvalue weighted by Gasteiger charge is 2.48. The predicted molar refractivity (Wildman–Crippen MR) is 125 cm³/mol. The van der Waals surface area contributed by atoms with Gasteiger partial charge in [-0.25, -0.2) is 19.2 Å². The summed E-state index contributed by atoms with van der Waals surface area (Å²) in [5.74, 6) is 1.18. The Bertz CT molecular complexity index is 1100. The number of thioether (sulfide) groups is 1. The molecule has 0 aliphatic carbocycles. The van der Waals surface area contributed by atoms with Crippen LogP contribution in [0.15, 0.2) is 9.63 Å². The van der Waals surface area contributed by atoms with E-state index in [4.69, 9.17) is 14.5 Å². The lowest BCUT2D eigenvalue weighted by Gasteiger charge is -2.56. The maximum absolute atomic E-state index is 15.4. The quantitative estimate of drug-likeness (QED) is 0.419. The van der Waals surface area contributed by atoms with Crippen molar-refractivity contribution in [2.45, 2.75) is 70.2 Å². The first-order valence-electron chi connectivity index (χ1n) is 10.8. The Morgan fingerprint density at radius 1 is 1.25 bits per heavy atom. The highest BCUT2D eigenvalue weighted by atomic mass is 79.9. The van der Waals surface area contributed by atoms with E-state index >= 15 is 4.39 Å². The molecule has 2 bridgehead atoms. The molecule has 10 heteroatoms. The van der Waals surface area contributed by atoms with E-state index in [9.17, 15) is 4.79 Å². The molecule has 2 unspecified atom stereocenters. The highest BCUT2D eigenvalue weighted by molar-refractivity contribution is 9.10. The lowest BCUT2D eigenvalue weighted by atomic mass is 9.86. The molecule has 3 aliphatic heterocycles. The van der Waals surface area contributed by atoms with Crippen molar-refractivity contribution in [1.82, 2.24) is 14.9 Å². The normalized spacial score (nSPS) is 22.2. The van der Waals surface area contributed by atoms with E-state index in [0.717, 1.165) is 34.5 Å². The minimum atomic E-state index is -0.529. The van der Waals surface area contributed by atoms with Crippen LogP contribution in [0.25, 0.3) is 10.9 Å². The number of aromatic nitrogens is 2. The van der Waals surface area contributed by atoms with Crippen molar-refractivity contribution in [1.29, 1.82) is 0 Å². The van der Waals surface area contributed by atoms with Gasteiger partial charge in [0.05, 0.1) is 35.2 Å². The van der Waals surface area contributed by atoms with Crippen molar-refractivity contribution in [2.24, 2.45) is 0 Å². The van der Waals surface area contributed by atoms with Gasteiger partial charge in [0, 0.05) is 18.7 Å². The summed E-state index contributed by atoms with van der Waals surface area (Å²) in [6.07, 6.45) is 0.685. The number of piperidine rings is 1. The number of carbonyl (C=O) groups excluding carboxylic acids is 1. The van der Waals surface area contributed by atoms with Crippen LogP contribution in [0.2, 0.25) is 0 Å². The summed E-state index contributed by atoms with van der Waals surface area (Å²) in [6.45, 7) is 9.54. The predicted octanol–water partition coefficient (Wildman–Crippen LogP) is 4.87. The average molecular weight is 525 g/mol. The van der Waals surface area contributed by atoms with Gasteiger partial charge in [-0.1, -0.05) is 18.7 Å². The van der Waals surface area contributed by atoms with Crippen LogP contribution in [0.1, 0.15) is 45.2 Å². The molecule has 0 spiro atoms. The molecule has 32 heavy (non-hydrogen) atoms. The Morgan fingerprint density at radius 3 is 2.59 bits per heavy atom. The first kappa shape index (κ1) is 22.2. The fraction of sp³-hybridized carbons (Fsp3) is 0.591. The van der Waals surface area contributed by atoms with E-state index in [-0.39, 0.29) is 24.0 Å². The minimum Gasteiger partial charge on any atom is -0.444 e. The topological polar surface area (TPSA) is 67.8 Å². The molecular weight excluding hydrogens is 499 g/mol. The molecule has 1 aromatic heterocycles. The van der Waals surface area contributed by atoms with Gasteiger partial charge in [-0.05, 0) is 54.4 Å². The number of likely N-dealkylation sites (tertiary alicyclic amines) is 1. The lowest BCUT2D eigenvalue weighted by molar-refractivity contribution is 0.00846. The first-order chi connectivity index (χ1) is 15.2. The largest absolute Gasteiger partial charge is 0.444 e. The van der Waals surface area contributed by atoms with E-state index < -0.39 is 5.60 Å². The van der Waals surface area contributed by atoms with Crippen molar-refractivity contribution < 1.29 is 18.7 Å². The lowest BCUT2D eigenvalue weighted by Crippen LogP contribution is -2.70. The van der Waals surface area contributed by atoms with Crippen LogP contribution < -0.4 is 4.90 Å². The minimum absolute atomic E-state index is 0.114. The van der Waals surface area contributed by atoms with Crippen LogP contribution in [-0.2, 0) is 22.7 Å². The van der Waals surface area contributed by atoms with Crippen molar-refractivity contribution >= 4 is 50.5 Å². The summed E-state index contributed by atoms with van der Waals surface area (Å²) < 4.78 is 27.0. The second-order valence-electron chi connectivity index (χ2n) is 9.40. The molecule has 4 heterocycles. The number of carbonyl (C=O) groups is 1. The van der Waals surface area contributed by atoms with Crippen LogP contribution in [0.4, 0.5) is 15.0 Å². The van der Waals surface area contributed by atoms with Gasteiger partial charge in [-0.3, -0.25) is 0 Å².